The van der Waals surface area contributed by atoms with E-state index in [2.05, 4.69) is 5.16 Å². The van der Waals surface area contributed by atoms with Crippen LogP contribution in [0.3, 0.4) is 0 Å². The Labute approximate surface area is 122 Å². The molecule has 0 radical (unpaired) electrons. The van der Waals surface area contributed by atoms with Crippen molar-refractivity contribution in [2.24, 2.45) is 0 Å². The standard InChI is InChI=1S/C13H15ClN2O3S/c1-13(2,20(3,17)18)11-10(12(15)16-19-11)8-4-6-9(14)7-5-8/h4-7H,1-3H3,(H2,15,16). The maximum atomic E-state index is 12.0. The van der Waals surface area contributed by atoms with Crippen molar-refractivity contribution in [3.63, 3.8) is 0 Å². The second kappa shape index (κ2) is 4.79. The Kier molecular flexibility index (Phi) is 3.56. The fraction of sp³-hybridized carbons (Fsp3) is 0.308. The predicted molar refractivity (Wildman–Crippen MR) is 79.2 cm³/mol. The molecule has 108 valence electrons. The molecule has 0 amide bonds. The van der Waals surface area contributed by atoms with Crippen molar-refractivity contribution >= 4 is 27.3 Å². The van der Waals surface area contributed by atoms with E-state index in [1.807, 2.05) is 0 Å². The Bertz CT molecular complexity index is 733. The van der Waals surface area contributed by atoms with Gasteiger partial charge in [-0.3, -0.25) is 0 Å². The fourth-order valence-electron chi connectivity index (χ4n) is 1.78. The van der Waals surface area contributed by atoms with E-state index in [-0.39, 0.29) is 11.6 Å². The van der Waals surface area contributed by atoms with Crippen molar-refractivity contribution in [2.45, 2.75) is 18.6 Å². The summed E-state index contributed by atoms with van der Waals surface area (Å²) in [7, 11) is -3.40. The molecule has 0 aliphatic rings. The first kappa shape index (κ1) is 14.9. The zero-order valence-corrected chi connectivity index (χ0v) is 12.9. The molecule has 1 heterocycles. The second-order valence-corrected chi connectivity index (χ2v) is 8.06. The highest BCUT2D eigenvalue weighted by atomic mass is 35.5. The lowest BCUT2D eigenvalue weighted by atomic mass is 9.99. The lowest BCUT2D eigenvalue weighted by Crippen LogP contribution is -2.28. The Morgan fingerprint density at radius 1 is 1.25 bits per heavy atom. The summed E-state index contributed by atoms with van der Waals surface area (Å²) in [5, 5.41) is 4.28. The molecule has 0 atom stereocenters. The molecule has 0 unspecified atom stereocenters. The number of sulfone groups is 1. The summed E-state index contributed by atoms with van der Waals surface area (Å²) in [4.78, 5) is 0. The normalized spacial score (nSPS) is 12.6. The molecule has 0 aliphatic carbocycles. The van der Waals surface area contributed by atoms with Gasteiger partial charge in [0.05, 0.1) is 5.56 Å². The molecule has 2 aromatic rings. The van der Waals surface area contributed by atoms with Gasteiger partial charge >= 0.3 is 0 Å². The van der Waals surface area contributed by atoms with Gasteiger partial charge < -0.3 is 10.3 Å². The number of hydrogen-bond donors (Lipinski definition) is 1. The first-order chi connectivity index (χ1) is 9.14. The topological polar surface area (TPSA) is 86.2 Å². The van der Waals surface area contributed by atoms with Crippen LogP contribution in [0.25, 0.3) is 11.1 Å². The first-order valence-corrected chi connectivity index (χ1v) is 8.12. The van der Waals surface area contributed by atoms with Crippen LogP contribution in [0.15, 0.2) is 28.8 Å². The Morgan fingerprint density at radius 3 is 2.30 bits per heavy atom. The minimum absolute atomic E-state index is 0.152. The van der Waals surface area contributed by atoms with Gasteiger partial charge in [-0.2, -0.15) is 0 Å². The highest BCUT2D eigenvalue weighted by molar-refractivity contribution is 7.91. The lowest BCUT2D eigenvalue weighted by Gasteiger charge is -2.20. The summed E-state index contributed by atoms with van der Waals surface area (Å²) in [6, 6.07) is 6.88. The van der Waals surface area contributed by atoms with E-state index in [1.54, 1.807) is 38.1 Å². The van der Waals surface area contributed by atoms with Crippen molar-refractivity contribution in [3.8, 4) is 11.1 Å². The van der Waals surface area contributed by atoms with Crippen molar-refractivity contribution in [3.05, 3.63) is 35.0 Å². The van der Waals surface area contributed by atoms with Crippen LogP contribution in [0.2, 0.25) is 5.02 Å². The molecular weight excluding hydrogens is 300 g/mol. The summed E-state index contributed by atoms with van der Waals surface area (Å²) in [6.45, 7) is 3.11. The second-order valence-electron chi connectivity index (χ2n) is 5.06. The van der Waals surface area contributed by atoms with Gasteiger partial charge in [-0.05, 0) is 31.5 Å². The molecule has 0 saturated heterocycles. The zero-order valence-electron chi connectivity index (χ0n) is 11.3. The van der Waals surface area contributed by atoms with Gasteiger partial charge in [0.1, 0.15) is 4.75 Å². The zero-order chi connectivity index (χ0) is 15.1. The van der Waals surface area contributed by atoms with Crippen LogP contribution in [0.1, 0.15) is 19.6 Å². The van der Waals surface area contributed by atoms with Crippen molar-refractivity contribution < 1.29 is 12.9 Å². The average Bonchev–Trinajstić information content (AvgIpc) is 2.71. The molecule has 20 heavy (non-hydrogen) atoms. The van der Waals surface area contributed by atoms with E-state index in [0.717, 1.165) is 6.26 Å². The predicted octanol–water partition coefficient (Wildman–Crippen LogP) is 2.86. The Morgan fingerprint density at radius 2 is 1.80 bits per heavy atom. The third kappa shape index (κ3) is 2.41. The number of nitrogens with two attached hydrogens (primary N) is 1. The van der Waals surface area contributed by atoms with Crippen LogP contribution in [0, 0.1) is 0 Å². The van der Waals surface area contributed by atoms with Crippen LogP contribution in [-0.4, -0.2) is 19.8 Å². The Balaban J connectivity index is 2.68. The summed E-state index contributed by atoms with van der Waals surface area (Å²) in [6.07, 6.45) is 1.15. The van der Waals surface area contributed by atoms with Crippen molar-refractivity contribution in [1.82, 2.24) is 5.16 Å². The van der Waals surface area contributed by atoms with Crippen molar-refractivity contribution in [2.75, 3.05) is 12.0 Å². The molecule has 1 aromatic heterocycles. The summed E-state index contributed by atoms with van der Waals surface area (Å²) in [5.74, 6) is 0.374. The molecule has 0 spiro atoms. The molecule has 2 rings (SSSR count). The number of nitrogens with zero attached hydrogens (tertiary/aromatic N) is 1. The Hall–Kier alpha value is -1.53. The summed E-state index contributed by atoms with van der Waals surface area (Å²) in [5.41, 5.74) is 7.01. The molecule has 0 saturated carbocycles. The number of halogens is 1. The highest BCUT2D eigenvalue weighted by Gasteiger charge is 2.39. The average molecular weight is 315 g/mol. The van der Waals surface area contributed by atoms with Crippen LogP contribution < -0.4 is 5.73 Å². The first-order valence-electron chi connectivity index (χ1n) is 5.86. The van der Waals surface area contributed by atoms with Gasteiger partial charge in [0.15, 0.2) is 21.4 Å². The van der Waals surface area contributed by atoms with Crippen LogP contribution in [0.5, 0.6) is 0 Å². The maximum Gasteiger partial charge on any atom is 0.175 e. The van der Waals surface area contributed by atoms with Gasteiger partial charge in [0, 0.05) is 11.3 Å². The molecule has 5 nitrogen and oxygen atoms in total. The van der Waals surface area contributed by atoms with Gasteiger partial charge in [-0.15, -0.1) is 0 Å². The molecule has 7 heteroatoms. The monoisotopic (exact) mass is 314 g/mol. The van der Waals surface area contributed by atoms with E-state index < -0.39 is 14.6 Å². The van der Waals surface area contributed by atoms with Crippen LogP contribution in [-0.2, 0) is 14.6 Å². The highest BCUT2D eigenvalue weighted by Crippen LogP contribution is 2.39. The third-order valence-corrected chi connectivity index (χ3v) is 5.62. The van der Waals surface area contributed by atoms with Gasteiger partial charge in [0.2, 0.25) is 0 Å². The molecule has 0 bridgehead atoms. The molecular formula is C13H15ClN2O3S. The largest absolute Gasteiger partial charge is 0.380 e. The molecule has 2 N–H and O–H groups in total. The lowest BCUT2D eigenvalue weighted by molar-refractivity contribution is 0.357. The maximum absolute atomic E-state index is 12.0. The van der Waals surface area contributed by atoms with Gasteiger partial charge in [0.25, 0.3) is 0 Å². The van der Waals surface area contributed by atoms with Crippen molar-refractivity contribution in [1.29, 1.82) is 0 Å². The number of nitrogen functional groups attached to an aromatic ring is 1. The van der Waals surface area contributed by atoms with Crippen LogP contribution in [0.4, 0.5) is 5.82 Å². The molecule has 0 aliphatic heterocycles. The quantitative estimate of drug-likeness (QED) is 0.941. The number of benzene rings is 1. The minimum atomic E-state index is -3.40. The van der Waals surface area contributed by atoms with E-state index in [9.17, 15) is 8.42 Å². The third-order valence-electron chi connectivity index (χ3n) is 3.33. The number of aromatic nitrogens is 1. The summed E-state index contributed by atoms with van der Waals surface area (Å²) < 4.78 is 27.9. The smallest absolute Gasteiger partial charge is 0.175 e. The van der Waals surface area contributed by atoms with E-state index in [0.29, 0.717) is 16.1 Å². The fourth-order valence-corrected chi connectivity index (χ4v) is 2.38. The SMILES string of the molecule is CC(C)(c1onc(N)c1-c1ccc(Cl)cc1)S(C)(=O)=O. The van der Waals surface area contributed by atoms with Crippen LogP contribution >= 0.6 is 11.6 Å². The minimum Gasteiger partial charge on any atom is -0.380 e. The number of anilines is 1. The van der Waals surface area contributed by atoms with E-state index >= 15 is 0 Å². The number of hydrogen-bond acceptors (Lipinski definition) is 5. The summed E-state index contributed by atoms with van der Waals surface area (Å²) >= 11 is 5.85. The van der Waals surface area contributed by atoms with Gasteiger partial charge in [-0.1, -0.05) is 28.9 Å². The van der Waals surface area contributed by atoms with Gasteiger partial charge in [-0.25, -0.2) is 8.42 Å². The van der Waals surface area contributed by atoms with E-state index in [4.69, 9.17) is 21.9 Å². The van der Waals surface area contributed by atoms with E-state index in [1.165, 1.54) is 0 Å². The molecule has 1 aromatic carbocycles. The number of rotatable bonds is 3. The molecule has 0 fully saturated rings.